The van der Waals surface area contributed by atoms with E-state index in [9.17, 15) is 4.79 Å². The van der Waals surface area contributed by atoms with Gasteiger partial charge in [0.25, 0.3) is 0 Å². The number of nitrogens with one attached hydrogen (secondary N) is 1. The lowest BCUT2D eigenvalue weighted by atomic mass is 9.83. The van der Waals surface area contributed by atoms with Gasteiger partial charge in [-0.25, -0.2) is 0 Å². The quantitative estimate of drug-likeness (QED) is 0.747. The minimum Gasteiger partial charge on any atom is -0.481 e. The van der Waals surface area contributed by atoms with Gasteiger partial charge in [-0.1, -0.05) is 0 Å². The van der Waals surface area contributed by atoms with E-state index in [-0.39, 0.29) is 0 Å². The van der Waals surface area contributed by atoms with Crippen LogP contribution in [0.2, 0.25) is 0 Å². The molecule has 0 spiro atoms. The van der Waals surface area contributed by atoms with Crippen LogP contribution in [0.5, 0.6) is 0 Å². The molecule has 2 heterocycles. The van der Waals surface area contributed by atoms with Gasteiger partial charge in [0.15, 0.2) is 0 Å². The third-order valence-electron chi connectivity index (χ3n) is 4.01. The molecule has 2 aliphatic rings. The summed E-state index contributed by atoms with van der Waals surface area (Å²) < 4.78 is 0. The van der Waals surface area contributed by atoms with Crippen LogP contribution in [0.25, 0.3) is 0 Å². The van der Waals surface area contributed by atoms with Crippen LogP contribution in [-0.4, -0.2) is 48.7 Å². The second-order valence-electron chi connectivity index (χ2n) is 5.36. The summed E-state index contributed by atoms with van der Waals surface area (Å²) in [5.74, 6) is 0.463. The molecule has 0 amide bonds. The third kappa shape index (κ3) is 2.95. The Labute approximate surface area is 97.0 Å². The Hall–Kier alpha value is -0.610. The van der Waals surface area contributed by atoms with Crippen molar-refractivity contribution < 1.29 is 9.90 Å². The van der Waals surface area contributed by atoms with Crippen LogP contribution in [-0.2, 0) is 4.79 Å². The third-order valence-corrected chi connectivity index (χ3v) is 4.01. The summed E-state index contributed by atoms with van der Waals surface area (Å²) >= 11 is 0. The largest absolute Gasteiger partial charge is 0.481 e. The predicted octanol–water partition coefficient (Wildman–Crippen LogP) is 0.781. The van der Waals surface area contributed by atoms with E-state index in [1.807, 2.05) is 0 Å². The molecule has 2 N–H and O–H groups in total. The van der Waals surface area contributed by atoms with Gasteiger partial charge in [-0.15, -0.1) is 0 Å². The standard InChI is InChI=1S/C12H22N2O2/c1-14-5-3-10(8-14)11-6-9(2-4-13-11)7-12(15)16/h9-11,13H,2-8H2,1H3,(H,15,16). The van der Waals surface area contributed by atoms with Gasteiger partial charge in [-0.05, 0) is 51.2 Å². The van der Waals surface area contributed by atoms with Crippen molar-refractivity contribution in [2.75, 3.05) is 26.7 Å². The highest BCUT2D eigenvalue weighted by Crippen LogP contribution is 2.28. The van der Waals surface area contributed by atoms with E-state index in [2.05, 4.69) is 17.3 Å². The number of rotatable bonds is 3. The molecule has 2 aliphatic heterocycles. The molecule has 2 saturated heterocycles. The second-order valence-corrected chi connectivity index (χ2v) is 5.36. The molecule has 0 radical (unpaired) electrons. The van der Waals surface area contributed by atoms with Crippen LogP contribution in [0.15, 0.2) is 0 Å². The molecule has 0 bridgehead atoms. The number of likely N-dealkylation sites (tertiary alicyclic amines) is 1. The number of aliphatic carboxylic acids is 1. The first-order chi connectivity index (χ1) is 7.65. The summed E-state index contributed by atoms with van der Waals surface area (Å²) in [5, 5.41) is 12.4. The van der Waals surface area contributed by atoms with Gasteiger partial charge in [-0.2, -0.15) is 0 Å². The lowest BCUT2D eigenvalue weighted by Crippen LogP contribution is -2.44. The molecule has 3 atom stereocenters. The van der Waals surface area contributed by atoms with E-state index in [0.717, 1.165) is 31.8 Å². The van der Waals surface area contributed by atoms with Crippen LogP contribution in [0.3, 0.4) is 0 Å². The van der Waals surface area contributed by atoms with Crippen LogP contribution in [0, 0.1) is 11.8 Å². The van der Waals surface area contributed by atoms with Crippen LogP contribution >= 0.6 is 0 Å². The zero-order valence-electron chi connectivity index (χ0n) is 9.98. The van der Waals surface area contributed by atoms with Crippen LogP contribution in [0.4, 0.5) is 0 Å². The summed E-state index contributed by atoms with van der Waals surface area (Å²) in [5.41, 5.74) is 0. The summed E-state index contributed by atoms with van der Waals surface area (Å²) in [6.45, 7) is 3.34. The molecule has 2 fully saturated rings. The molecule has 0 aromatic carbocycles. The Kier molecular flexibility index (Phi) is 3.82. The Morgan fingerprint density at radius 2 is 2.31 bits per heavy atom. The fourth-order valence-electron chi connectivity index (χ4n) is 3.12. The second kappa shape index (κ2) is 5.15. The first kappa shape index (κ1) is 11.9. The van der Waals surface area contributed by atoms with E-state index < -0.39 is 5.97 Å². The number of nitrogens with zero attached hydrogens (tertiary/aromatic N) is 1. The average Bonchev–Trinajstić information content (AvgIpc) is 2.64. The zero-order valence-corrected chi connectivity index (χ0v) is 9.98. The lowest BCUT2D eigenvalue weighted by molar-refractivity contribution is -0.138. The van der Waals surface area contributed by atoms with Crippen molar-refractivity contribution >= 4 is 5.97 Å². The van der Waals surface area contributed by atoms with E-state index in [1.165, 1.54) is 13.0 Å². The minimum absolute atomic E-state index is 0.348. The van der Waals surface area contributed by atoms with Gasteiger partial charge < -0.3 is 15.3 Å². The Morgan fingerprint density at radius 3 is 2.94 bits per heavy atom. The first-order valence-electron chi connectivity index (χ1n) is 6.29. The monoisotopic (exact) mass is 226 g/mol. The maximum absolute atomic E-state index is 10.7. The van der Waals surface area contributed by atoms with Gasteiger partial charge in [-0.3, -0.25) is 4.79 Å². The molecular weight excluding hydrogens is 204 g/mol. The Bertz CT molecular complexity index is 257. The van der Waals surface area contributed by atoms with Crippen molar-refractivity contribution in [3.63, 3.8) is 0 Å². The fourth-order valence-corrected chi connectivity index (χ4v) is 3.12. The predicted molar refractivity (Wildman–Crippen MR) is 62.4 cm³/mol. The van der Waals surface area contributed by atoms with Gasteiger partial charge >= 0.3 is 5.97 Å². The number of carbonyl (C=O) groups is 1. The lowest BCUT2D eigenvalue weighted by Gasteiger charge is -2.33. The maximum Gasteiger partial charge on any atom is 0.303 e. The summed E-state index contributed by atoms with van der Waals surface area (Å²) in [7, 11) is 2.16. The number of hydrogen-bond acceptors (Lipinski definition) is 3. The van der Waals surface area contributed by atoms with Crippen LogP contribution < -0.4 is 5.32 Å². The molecular formula is C12H22N2O2. The summed E-state index contributed by atoms with van der Waals surface area (Å²) in [6.07, 6.45) is 3.67. The number of piperidine rings is 1. The highest BCUT2D eigenvalue weighted by atomic mass is 16.4. The minimum atomic E-state index is -0.644. The van der Waals surface area contributed by atoms with Gasteiger partial charge in [0.05, 0.1) is 0 Å². The molecule has 0 aromatic rings. The molecule has 4 nitrogen and oxygen atoms in total. The molecule has 0 saturated carbocycles. The summed E-state index contributed by atoms with van der Waals surface area (Å²) in [6, 6.07) is 0.544. The summed E-state index contributed by atoms with van der Waals surface area (Å²) in [4.78, 5) is 13.1. The first-order valence-corrected chi connectivity index (χ1v) is 6.29. The smallest absolute Gasteiger partial charge is 0.303 e. The van der Waals surface area contributed by atoms with E-state index in [0.29, 0.717) is 18.4 Å². The van der Waals surface area contributed by atoms with Crippen molar-refractivity contribution in [1.82, 2.24) is 10.2 Å². The van der Waals surface area contributed by atoms with E-state index in [4.69, 9.17) is 5.11 Å². The van der Waals surface area contributed by atoms with Crippen molar-refractivity contribution in [3.05, 3.63) is 0 Å². The van der Waals surface area contributed by atoms with Crippen molar-refractivity contribution in [2.24, 2.45) is 11.8 Å². The van der Waals surface area contributed by atoms with Crippen molar-refractivity contribution in [2.45, 2.75) is 31.7 Å². The van der Waals surface area contributed by atoms with E-state index in [1.54, 1.807) is 0 Å². The molecule has 0 aromatic heterocycles. The number of hydrogen-bond donors (Lipinski definition) is 2. The zero-order chi connectivity index (χ0) is 11.5. The van der Waals surface area contributed by atoms with E-state index >= 15 is 0 Å². The molecule has 0 aliphatic carbocycles. The van der Waals surface area contributed by atoms with Gasteiger partial charge in [0.2, 0.25) is 0 Å². The highest BCUT2D eigenvalue weighted by molar-refractivity contribution is 5.67. The molecule has 16 heavy (non-hydrogen) atoms. The Balaban J connectivity index is 1.84. The van der Waals surface area contributed by atoms with Crippen LogP contribution in [0.1, 0.15) is 25.7 Å². The molecule has 4 heteroatoms. The molecule has 92 valence electrons. The van der Waals surface area contributed by atoms with Gasteiger partial charge in [0, 0.05) is 19.0 Å². The normalized spacial score (nSPS) is 36.4. The number of carboxylic acids is 1. The highest BCUT2D eigenvalue weighted by Gasteiger charge is 2.32. The van der Waals surface area contributed by atoms with Crippen molar-refractivity contribution in [1.29, 1.82) is 0 Å². The number of carboxylic acid groups (broad SMARTS) is 1. The average molecular weight is 226 g/mol. The maximum atomic E-state index is 10.7. The SMILES string of the molecule is CN1CCC(C2CC(CC(=O)O)CCN2)C1. The van der Waals surface area contributed by atoms with Gasteiger partial charge in [0.1, 0.15) is 0 Å². The Morgan fingerprint density at radius 1 is 1.50 bits per heavy atom. The topological polar surface area (TPSA) is 52.6 Å². The van der Waals surface area contributed by atoms with Crippen molar-refractivity contribution in [3.8, 4) is 0 Å². The molecule has 3 unspecified atom stereocenters. The fraction of sp³-hybridized carbons (Fsp3) is 0.917. The molecule has 2 rings (SSSR count).